The number of rotatable bonds is 4. The Balaban J connectivity index is 1.45. The van der Waals surface area contributed by atoms with E-state index in [9.17, 15) is 14.9 Å². The van der Waals surface area contributed by atoms with E-state index in [4.69, 9.17) is 0 Å². The van der Waals surface area contributed by atoms with E-state index in [-0.39, 0.29) is 11.8 Å². The summed E-state index contributed by atoms with van der Waals surface area (Å²) in [6, 6.07) is 24.6. The maximum absolute atomic E-state index is 13.3. The van der Waals surface area contributed by atoms with Crippen LogP contribution in [-0.2, 0) is 0 Å². The molecule has 32 heavy (non-hydrogen) atoms. The van der Waals surface area contributed by atoms with E-state index < -0.39 is 0 Å². The van der Waals surface area contributed by atoms with Gasteiger partial charge < -0.3 is 9.80 Å². The lowest BCUT2D eigenvalue weighted by Gasteiger charge is -2.35. The van der Waals surface area contributed by atoms with Gasteiger partial charge in [-0.3, -0.25) is 9.59 Å². The molecular formula is C26H23N3O2S. The van der Waals surface area contributed by atoms with Crippen molar-refractivity contribution in [2.24, 2.45) is 0 Å². The lowest BCUT2D eigenvalue weighted by atomic mass is 10.1. The molecule has 0 saturated carbocycles. The third kappa shape index (κ3) is 4.68. The average Bonchev–Trinajstić information content (AvgIpc) is 2.84. The highest BCUT2D eigenvalue weighted by Gasteiger charge is 2.26. The van der Waals surface area contributed by atoms with Crippen molar-refractivity contribution in [1.29, 1.82) is 5.26 Å². The fourth-order valence-corrected chi connectivity index (χ4v) is 4.68. The zero-order chi connectivity index (χ0) is 22.5. The summed E-state index contributed by atoms with van der Waals surface area (Å²) in [6.45, 7) is 3.98. The van der Waals surface area contributed by atoms with Crippen LogP contribution < -0.4 is 0 Å². The molecule has 0 spiro atoms. The summed E-state index contributed by atoms with van der Waals surface area (Å²) >= 11 is 1.43. The number of hydrogen-bond donors (Lipinski definition) is 0. The number of aryl methyl sites for hydroxylation is 1. The molecule has 0 radical (unpaired) electrons. The summed E-state index contributed by atoms with van der Waals surface area (Å²) in [7, 11) is 0. The van der Waals surface area contributed by atoms with E-state index in [0.717, 1.165) is 15.4 Å². The predicted octanol–water partition coefficient (Wildman–Crippen LogP) is 4.62. The molecule has 1 fully saturated rings. The first kappa shape index (κ1) is 21.7. The Bertz CT molecular complexity index is 1180. The van der Waals surface area contributed by atoms with Crippen LogP contribution in [0.25, 0.3) is 0 Å². The van der Waals surface area contributed by atoms with E-state index in [1.807, 2.05) is 73.7 Å². The summed E-state index contributed by atoms with van der Waals surface area (Å²) in [4.78, 5) is 31.3. The molecule has 0 bridgehead atoms. The number of piperazine rings is 1. The Kier molecular flexibility index (Phi) is 6.58. The Morgan fingerprint density at radius 2 is 1.34 bits per heavy atom. The molecule has 1 saturated heterocycles. The highest BCUT2D eigenvalue weighted by Crippen LogP contribution is 2.33. The molecule has 0 unspecified atom stereocenters. The van der Waals surface area contributed by atoms with Crippen molar-refractivity contribution in [2.75, 3.05) is 26.2 Å². The first-order valence-electron chi connectivity index (χ1n) is 10.5. The van der Waals surface area contributed by atoms with Crippen LogP contribution in [0, 0.1) is 18.3 Å². The Morgan fingerprint density at radius 3 is 2.00 bits per heavy atom. The second kappa shape index (κ2) is 9.71. The Hall–Kier alpha value is -3.56. The Labute approximate surface area is 192 Å². The lowest BCUT2D eigenvalue weighted by molar-refractivity contribution is 0.0533. The lowest BCUT2D eigenvalue weighted by Crippen LogP contribution is -2.50. The molecule has 1 aliphatic rings. The first-order valence-corrected chi connectivity index (χ1v) is 11.3. The SMILES string of the molecule is Cc1ccc(C(=O)N2CCN(C(=O)c3ccccc3Sc3ccccc3C#N)CC2)cc1. The van der Waals surface area contributed by atoms with E-state index >= 15 is 0 Å². The molecule has 160 valence electrons. The van der Waals surface area contributed by atoms with Gasteiger partial charge in [-0.2, -0.15) is 5.26 Å². The first-order chi connectivity index (χ1) is 15.6. The van der Waals surface area contributed by atoms with Crippen LogP contribution in [0.15, 0.2) is 82.6 Å². The quantitative estimate of drug-likeness (QED) is 0.593. The number of nitrogens with zero attached hydrogens (tertiary/aromatic N) is 3. The fourth-order valence-electron chi connectivity index (χ4n) is 3.66. The maximum Gasteiger partial charge on any atom is 0.255 e. The maximum atomic E-state index is 13.3. The minimum absolute atomic E-state index is 0.00108. The molecule has 6 heteroatoms. The molecule has 1 aliphatic heterocycles. The number of nitriles is 1. The number of carbonyl (C=O) groups excluding carboxylic acids is 2. The minimum atomic E-state index is -0.0510. The molecule has 4 rings (SSSR count). The van der Waals surface area contributed by atoms with E-state index in [2.05, 4.69) is 6.07 Å². The van der Waals surface area contributed by atoms with Gasteiger partial charge in [-0.05, 0) is 43.3 Å². The minimum Gasteiger partial charge on any atom is -0.335 e. The van der Waals surface area contributed by atoms with Crippen molar-refractivity contribution >= 4 is 23.6 Å². The summed E-state index contributed by atoms with van der Waals surface area (Å²) in [5, 5.41) is 9.37. The molecule has 0 N–H and O–H groups in total. The van der Waals surface area contributed by atoms with Gasteiger partial charge in [0.1, 0.15) is 6.07 Å². The van der Waals surface area contributed by atoms with Crippen LogP contribution in [0.1, 0.15) is 31.8 Å². The van der Waals surface area contributed by atoms with Crippen molar-refractivity contribution in [1.82, 2.24) is 9.80 Å². The zero-order valence-corrected chi connectivity index (χ0v) is 18.6. The normalized spacial score (nSPS) is 13.5. The van der Waals surface area contributed by atoms with Crippen LogP contribution in [0.3, 0.4) is 0 Å². The predicted molar refractivity (Wildman–Crippen MR) is 125 cm³/mol. The molecule has 0 atom stereocenters. The van der Waals surface area contributed by atoms with Gasteiger partial charge in [0.2, 0.25) is 0 Å². The Morgan fingerprint density at radius 1 is 0.781 bits per heavy atom. The van der Waals surface area contributed by atoms with E-state index in [1.54, 1.807) is 15.9 Å². The monoisotopic (exact) mass is 441 g/mol. The zero-order valence-electron chi connectivity index (χ0n) is 17.8. The number of amides is 2. The second-order valence-corrected chi connectivity index (χ2v) is 8.74. The van der Waals surface area contributed by atoms with Crippen LogP contribution in [0.2, 0.25) is 0 Å². The highest BCUT2D eigenvalue weighted by atomic mass is 32.2. The van der Waals surface area contributed by atoms with Crippen molar-refractivity contribution in [2.45, 2.75) is 16.7 Å². The topological polar surface area (TPSA) is 64.4 Å². The van der Waals surface area contributed by atoms with E-state index in [0.29, 0.717) is 42.9 Å². The second-order valence-electron chi connectivity index (χ2n) is 7.66. The fraction of sp³-hybridized carbons (Fsp3) is 0.192. The number of hydrogen-bond acceptors (Lipinski definition) is 4. The molecule has 3 aromatic rings. The van der Waals surface area contributed by atoms with Gasteiger partial charge in [0.05, 0.1) is 11.1 Å². The molecular weight excluding hydrogens is 418 g/mol. The standard InChI is InChI=1S/C26H23N3O2S/c1-19-10-12-20(13-11-19)25(30)28-14-16-29(17-15-28)26(31)22-7-3-5-9-24(22)32-23-8-4-2-6-21(23)18-27/h2-13H,14-17H2,1H3. The molecule has 3 aromatic carbocycles. The molecule has 0 aromatic heterocycles. The largest absolute Gasteiger partial charge is 0.335 e. The van der Waals surface area contributed by atoms with Crippen molar-refractivity contribution in [3.05, 3.63) is 95.1 Å². The van der Waals surface area contributed by atoms with Gasteiger partial charge in [0, 0.05) is 41.5 Å². The van der Waals surface area contributed by atoms with Crippen LogP contribution in [0.4, 0.5) is 0 Å². The van der Waals surface area contributed by atoms with Gasteiger partial charge in [0.25, 0.3) is 11.8 Å². The van der Waals surface area contributed by atoms with Gasteiger partial charge in [-0.15, -0.1) is 0 Å². The third-order valence-corrected chi connectivity index (χ3v) is 6.65. The van der Waals surface area contributed by atoms with Gasteiger partial charge in [0.15, 0.2) is 0 Å². The van der Waals surface area contributed by atoms with E-state index in [1.165, 1.54) is 11.8 Å². The molecule has 5 nitrogen and oxygen atoms in total. The third-order valence-electron chi connectivity index (χ3n) is 5.50. The van der Waals surface area contributed by atoms with Gasteiger partial charge >= 0.3 is 0 Å². The highest BCUT2D eigenvalue weighted by molar-refractivity contribution is 7.99. The van der Waals surface area contributed by atoms with Crippen LogP contribution in [-0.4, -0.2) is 47.8 Å². The van der Waals surface area contributed by atoms with Gasteiger partial charge in [-0.1, -0.05) is 53.7 Å². The molecule has 0 aliphatic carbocycles. The average molecular weight is 442 g/mol. The van der Waals surface area contributed by atoms with Crippen LogP contribution >= 0.6 is 11.8 Å². The summed E-state index contributed by atoms with van der Waals surface area (Å²) in [6.07, 6.45) is 0. The smallest absolute Gasteiger partial charge is 0.255 e. The summed E-state index contributed by atoms with van der Waals surface area (Å²) in [5.41, 5.74) is 2.99. The molecule has 2 amide bonds. The van der Waals surface area contributed by atoms with Crippen molar-refractivity contribution in [3.63, 3.8) is 0 Å². The number of carbonyl (C=O) groups is 2. The van der Waals surface area contributed by atoms with Crippen molar-refractivity contribution in [3.8, 4) is 6.07 Å². The molecule has 1 heterocycles. The van der Waals surface area contributed by atoms with Gasteiger partial charge in [-0.25, -0.2) is 0 Å². The van der Waals surface area contributed by atoms with Crippen LogP contribution in [0.5, 0.6) is 0 Å². The van der Waals surface area contributed by atoms with Crippen molar-refractivity contribution < 1.29 is 9.59 Å². The summed E-state index contributed by atoms with van der Waals surface area (Å²) < 4.78 is 0. The summed E-state index contributed by atoms with van der Waals surface area (Å²) in [5.74, 6) is -0.0499. The number of benzene rings is 3.